The average molecular weight is 280 g/mol. The Morgan fingerprint density at radius 3 is 2.71 bits per heavy atom. The minimum atomic E-state index is -1.06. The molecule has 5 heteroatoms. The van der Waals surface area contributed by atoms with E-state index in [2.05, 4.69) is 15.9 Å². The third-order valence-electron chi connectivity index (χ3n) is 1.69. The van der Waals surface area contributed by atoms with Crippen molar-refractivity contribution in [2.24, 2.45) is 0 Å². The fourth-order valence-electron chi connectivity index (χ4n) is 1.05. The van der Waals surface area contributed by atoms with E-state index >= 15 is 0 Å². The lowest BCUT2D eigenvalue weighted by Crippen LogP contribution is -2.05. The van der Waals surface area contributed by atoms with Crippen molar-refractivity contribution in [1.82, 2.24) is 0 Å². The fraction of sp³-hybridized carbons (Fsp3) is 0.222. The van der Waals surface area contributed by atoms with Crippen LogP contribution < -0.4 is 0 Å². The van der Waals surface area contributed by atoms with E-state index in [1.54, 1.807) is 18.2 Å². The average Bonchev–Trinajstić information content (AvgIpc) is 2.01. The topological polar surface area (TPSA) is 57.5 Å². The van der Waals surface area contributed by atoms with E-state index < -0.39 is 12.1 Å². The van der Waals surface area contributed by atoms with E-state index in [0.29, 0.717) is 10.6 Å². The van der Waals surface area contributed by atoms with E-state index in [1.165, 1.54) is 0 Å². The van der Waals surface area contributed by atoms with Crippen LogP contribution in [0.25, 0.3) is 0 Å². The van der Waals surface area contributed by atoms with Gasteiger partial charge in [-0.3, -0.25) is 4.79 Å². The van der Waals surface area contributed by atoms with Crippen molar-refractivity contribution in [1.29, 1.82) is 0 Å². The minimum absolute atomic E-state index is 0.346. The van der Waals surface area contributed by atoms with E-state index in [4.69, 9.17) is 16.7 Å². The maximum absolute atomic E-state index is 10.3. The molecule has 2 N–H and O–H groups in total. The van der Waals surface area contributed by atoms with Gasteiger partial charge in [-0.25, -0.2) is 0 Å². The predicted molar refractivity (Wildman–Crippen MR) is 56.4 cm³/mol. The quantitative estimate of drug-likeness (QED) is 0.894. The first kappa shape index (κ1) is 11.5. The highest BCUT2D eigenvalue weighted by Crippen LogP contribution is 2.27. The maximum Gasteiger partial charge on any atom is 0.306 e. The first-order valence-corrected chi connectivity index (χ1v) is 5.02. The van der Waals surface area contributed by atoms with Crippen molar-refractivity contribution >= 4 is 33.5 Å². The summed E-state index contributed by atoms with van der Waals surface area (Å²) >= 11 is 9.04. The van der Waals surface area contributed by atoms with E-state index in [1.807, 2.05) is 0 Å². The second-order valence-corrected chi connectivity index (χ2v) is 4.10. The van der Waals surface area contributed by atoms with Crippen LogP contribution in [0.3, 0.4) is 0 Å². The largest absolute Gasteiger partial charge is 0.481 e. The zero-order chi connectivity index (χ0) is 10.7. The summed E-state index contributed by atoms with van der Waals surface area (Å²) in [5.41, 5.74) is 0.428. The molecular weight excluding hydrogens is 271 g/mol. The van der Waals surface area contributed by atoms with Gasteiger partial charge in [-0.1, -0.05) is 33.6 Å². The van der Waals surface area contributed by atoms with Crippen molar-refractivity contribution in [3.05, 3.63) is 33.3 Å². The molecule has 0 aliphatic rings. The number of halogens is 2. The summed E-state index contributed by atoms with van der Waals surface area (Å²) in [5.74, 6) is -1.06. The summed E-state index contributed by atoms with van der Waals surface area (Å²) in [4.78, 5) is 10.3. The fourth-order valence-corrected chi connectivity index (χ4v) is 1.85. The number of rotatable bonds is 3. The summed E-state index contributed by atoms with van der Waals surface area (Å²) in [7, 11) is 0. The molecule has 1 aromatic rings. The molecule has 1 aromatic carbocycles. The third kappa shape index (κ3) is 2.97. The van der Waals surface area contributed by atoms with Gasteiger partial charge in [-0.15, -0.1) is 0 Å². The van der Waals surface area contributed by atoms with Gasteiger partial charge in [0.25, 0.3) is 0 Å². The van der Waals surface area contributed by atoms with Crippen molar-refractivity contribution in [3.8, 4) is 0 Å². The van der Waals surface area contributed by atoms with Gasteiger partial charge in [0.2, 0.25) is 0 Å². The lowest BCUT2D eigenvalue weighted by Gasteiger charge is -2.10. The third-order valence-corrected chi connectivity index (χ3v) is 2.51. The Morgan fingerprint density at radius 1 is 1.57 bits per heavy atom. The second kappa shape index (κ2) is 4.77. The van der Waals surface area contributed by atoms with Crippen LogP contribution in [0.15, 0.2) is 22.7 Å². The van der Waals surface area contributed by atoms with Gasteiger partial charge >= 0.3 is 5.97 Å². The molecule has 3 nitrogen and oxygen atoms in total. The molecule has 1 atom stereocenters. The van der Waals surface area contributed by atoms with Crippen LogP contribution in [0.5, 0.6) is 0 Å². The Morgan fingerprint density at radius 2 is 2.21 bits per heavy atom. The summed E-state index contributed by atoms with van der Waals surface area (Å²) in [6, 6.07) is 4.91. The normalized spacial score (nSPS) is 12.5. The van der Waals surface area contributed by atoms with Crippen LogP contribution in [0.2, 0.25) is 5.02 Å². The SMILES string of the molecule is O=C(O)C[C@@H](O)c1ccc(Br)cc1Cl. The predicted octanol–water partition coefficient (Wildman–Crippen LogP) is 2.61. The number of aliphatic hydroxyl groups is 1. The van der Waals surface area contributed by atoms with Crippen LogP contribution in [0.4, 0.5) is 0 Å². The molecule has 1 rings (SSSR count). The number of benzene rings is 1. The molecule has 14 heavy (non-hydrogen) atoms. The summed E-state index contributed by atoms with van der Waals surface area (Å²) in [5, 5.41) is 18.3. The molecular formula is C9H8BrClO3. The van der Waals surface area contributed by atoms with Crippen LogP contribution in [-0.2, 0) is 4.79 Å². The molecule has 0 fully saturated rings. The molecule has 0 heterocycles. The Hall–Kier alpha value is -0.580. The van der Waals surface area contributed by atoms with E-state index in [-0.39, 0.29) is 6.42 Å². The van der Waals surface area contributed by atoms with Crippen LogP contribution in [-0.4, -0.2) is 16.2 Å². The Balaban J connectivity index is 2.90. The minimum Gasteiger partial charge on any atom is -0.481 e. The number of hydrogen-bond acceptors (Lipinski definition) is 2. The Bertz CT molecular complexity index is 354. The Labute approximate surface area is 94.4 Å². The molecule has 76 valence electrons. The van der Waals surface area contributed by atoms with Crippen molar-refractivity contribution < 1.29 is 15.0 Å². The van der Waals surface area contributed by atoms with Gasteiger partial charge in [-0.05, 0) is 17.7 Å². The number of hydrogen-bond donors (Lipinski definition) is 2. The van der Waals surface area contributed by atoms with Gasteiger partial charge in [0.15, 0.2) is 0 Å². The molecule has 0 saturated carbocycles. The highest BCUT2D eigenvalue weighted by molar-refractivity contribution is 9.10. The van der Waals surface area contributed by atoms with Gasteiger partial charge < -0.3 is 10.2 Å². The molecule has 0 bridgehead atoms. The molecule has 0 radical (unpaired) electrons. The molecule has 0 unspecified atom stereocenters. The second-order valence-electron chi connectivity index (χ2n) is 2.78. The molecule has 0 aromatic heterocycles. The maximum atomic E-state index is 10.3. The molecule has 0 spiro atoms. The summed E-state index contributed by atoms with van der Waals surface area (Å²) in [6.07, 6.45) is -1.41. The number of carbonyl (C=O) groups is 1. The van der Waals surface area contributed by atoms with Crippen molar-refractivity contribution in [2.75, 3.05) is 0 Å². The number of carboxylic acid groups (broad SMARTS) is 1. The first-order valence-electron chi connectivity index (χ1n) is 3.85. The smallest absolute Gasteiger partial charge is 0.306 e. The van der Waals surface area contributed by atoms with Gasteiger partial charge in [0, 0.05) is 9.50 Å². The number of aliphatic hydroxyl groups excluding tert-OH is 1. The summed E-state index contributed by atoms with van der Waals surface area (Å²) in [6.45, 7) is 0. The molecule has 0 aliphatic heterocycles. The van der Waals surface area contributed by atoms with Gasteiger partial charge in [0.05, 0.1) is 12.5 Å². The Kier molecular flexibility index (Phi) is 3.92. The zero-order valence-corrected chi connectivity index (χ0v) is 9.42. The van der Waals surface area contributed by atoms with E-state index in [0.717, 1.165) is 4.47 Å². The molecule has 0 saturated heterocycles. The van der Waals surface area contributed by atoms with Gasteiger partial charge in [0.1, 0.15) is 0 Å². The lowest BCUT2D eigenvalue weighted by atomic mass is 10.1. The standard InChI is InChI=1S/C9H8BrClO3/c10-5-1-2-6(7(11)3-5)8(12)4-9(13)14/h1-3,8,12H,4H2,(H,13,14)/t8-/m1/s1. The number of carboxylic acids is 1. The van der Waals surface area contributed by atoms with Gasteiger partial charge in [-0.2, -0.15) is 0 Å². The van der Waals surface area contributed by atoms with E-state index in [9.17, 15) is 9.90 Å². The van der Waals surface area contributed by atoms with Crippen LogP contribution in [0.1, 0.15) is 18.1 Å². The van der Waals surface area contributed by atoms with Crippen molar-refractivity contribution in [3.63, 3.8) is 0 Å². The molecule has 0 aliphatic carbocycles. The monoisotopic (exact) mass is 278 g/mol. The highest BCUT2D eigenvalue weighted by Gasteiger charge is 2.14. The summed E-state index contributed by atoms with van der Waals surface area (Å²) < 4.78 is 0.786. The van der Waals surface area contributed by atoms with Crippen molar-refractivity contribution in [2.45, 2.75) is 12.5 Å². The highest BCUT2D eigenvalue weighted by atomic mass is 79.9. The molecule has 0 amide bonds. The number of aliphatic carboxylic acids is 1. The first-order chi connectivity index (χ1) is 6.50. The zero-order valence-electron chi connectivity index (χ0n) is 7.08. The van der Waals surface area contributed by atoms with Crippen LogP contribution in [0, 0.1) is 0 Å². The van der Waals surface area contributed by atoms with Crippen LogP contribution >= 0.6 is 27.5 Å². The lowest BCUT2D eigenvalue weighted by molar-refractivity contribution is -0.139.